The average Bonchev–Trinajstić information content (AvgIpc) is 2.89. The van der Waals surface area contributed by atoms with Crippen LogP contribution in [-0.4, -0.2) is 76.0 Å². The van der Waals surface area contributed by atoms with Gasteiger partial charge in [-0.05, 0) is 45.8 Å². The first-order valence-electron chi connectivity index (χ1n) is 8.96. The number of hydrogen-bond donors (Lipinski definition) is 2. The summed E-state index contributed by atoms with van der Waals surface area (Å²) in [6, 6.07) is -1.36. The van der Waals surface area contributed by atoms with E-state index in [2.05, 4.69) is 5.32 Å². The molecular formula is C17H28N4O5S. The van der Waals surface area contributed by atoms with Crippen molar-refractivity contribution >= 4 is 35.6 Å². The van der Waals surface area contributed by atoms with Gasteiger partial charge in [-0.25, -0.2) is 4.79 Å². The number of primary amides is 1. The Labute approximate surface area is 163 Å². The largest absolute Gasteiger partial charge is 0.444 e. The molecule has 10 heteroatoms. The second kappa shape index (κ2) is 8.37. The van der Waals surface area contributed by atoms with Gasteiger partial charge in [0, 0.05) is 7.05 Å². The summed E-state index contributed by atoms with van der Waals surface area (Å²) >= 11 is 1.60. The normalized spacial score (nSPS) is 25.4. The Morgan fingerprint density at radius 3 is 2.56 bits per heavy atom. The summed E-state index contributed by atoms with van der Waals surface area (Å²) in [7, 11) is 1.46. The van der Waals surface area contributed by atoms with E-state index in [-0.39, 0.29) is 17.8 Å². The molecule has 4 amide bonds. The maximum atomic E-state index is 12.9. The van der Waals surface area contributed by atoms with Gasteiger partial charge in [-0.3, -0.25) is 14.4 Å². The van der Waals surface area contributed by atoms with Crippen LogP contribution in [0.4, 0.5) is 4.79 Å². The molecule has 2 saturated heterocycles. The summed E-state index contributed by atoms with van der Waals surface area (Å²) in [6.45, 7) is 4.99. The molecule has 0 bridgehead atoms. The van der Waals surface area contributed by atoms with Crippen LogP contribution < -0.4 is 11.1 Å². The van der Waals surface area contributed by atoms with Gasteiger partial charge in [0.05, 0.1) is 5.37 Å². The monoisotopic (exact) mass is 400 g/mol. The molecule has 2 aliphatic rings. The Balaban J connectivity index is 1.97. The number of likely N-dealkylation sites (N-methyl/N-ethyl adjacent to an activating group) is 1. The number of thioether (sulfide) groups is 1. The number of nitrogens with zero attached hydrogens (tertiary/aromatic N) is 2. The summed E-state index contributed by atoms with van der Waals surface area (Å²) < 4.78 is 5.21. The standard InChI is InChI=1S/C17H28N4O5S/c1-17(2,3)26-16(25)20(4)9-12(22)19-10-7-8-27-13-6-5-11(14(18)23)21(13)15(10)24/h10-11,13H,5-9H2,1-4H3,(H2,18,23)(H,19,22)/t10-,11?,13-/m0/s1. The molecule has 2 fully saturated rings. The van der Waals surface area contributed by atoms with Gasteiger partial charge in [0.1, 0.15) is 24.2 Å². The lowest BCUT2D eigenvalue weighted by Crippen LogP contribution is -2.54. The van der Waals surface area contributed by atoms with Gasteiger partial charge in [-0.1, -0.05) is 0 Å². The molecule has 2 heterocycles. The van der Waals surface area contributed by atoms with E-state index in [0.717, 1.165) is 4.90 Å². The number of ether oxygens (including phenoxy) is 1. The van der Waals surface area contributed by atoms with E-state index in [4.69, 9.17) is 10.5 Å². The number of carbonyl (C=O) groups excluding carboxylic acids is 4. The number of amides is 4. The minimum absolute atomic E-state index is 0.0821. The number of hydrogen-bond acceptors (Lipinski definition) is 6. The molecule has 9 nitrogen and oxygen atoms in total. The van der Waals surface area contributed by atoms with Gasteiger partial charge in [-0.15, -0.1) is 11.8 Å². The van der Waals surface area contributed by atoms with Crippen molar-refractivity contribution in [2.45, 2.75) is 63.1 Å². The highest BCUT2D eigenvalue weighted by atomic mass is 32.2. The molecule has 2 aliphatic heterocycles. The van der Waals surface area contributed by atoms with E-state index in [1.165, 1.54) is 11.9 Å². The van der Waals surface area contributed by atoms with Crippen LogP contribution in [0.25, 0.3) is 0 Å². The van der Waals surface area contributed by atoms with Crippen molar-refractivity contribution in [3.05, 3.63) is 0 Å². The predicted octanol–water partition coefficient (Wildman–Crippen LogP) is 0.277. The molecule has 3 N–H and O–H groups in total. The smallest absolute Gasteiger partial charge is 0.410 e. The molecule has 0 aliphatic carbocycles. The Hall–Kier alpha value is -1.97. The summed E-state index contributed by atoms with van der Waals surface area (Å²) in [5.74, 6) is -0.590. The van der Waals surface area contributed by atoms with Crippen LogP contribution in [0, 0.1) is 0 Å². The van der Waals surface area contributed by atoms with E-state index >= 15 is 0 Å². The third-order valence-corrected chi connectivity index (χ3v) is 5.67. The number of nitrogens with two attached hydrogens (primary N) is 1. The van der Waals surface area contributed by atoms with E-state index < -0.39 is 35.6 Å². The molecule has 0 radical (unpaired) electrons. The lowest BCUT2D eigenvalue weighted by molar-refractivity contribution is -0.141. The van der Waals surface area contributed by atoms with Crippen molar-refractivity contribution < 1.29 is 23.9 Å². The van der Waals surface area contributed by atoms with Gasteiger partial charge >= 0.3 is 6.09 Å². The summed E-state index contributed by atoms with van der Waals surface area (Å²) in [5.41, 5.74) is 4.76. The Kier molecular flexibility index (Phi) is 6.61. The Morgan fingerprint density at radius 2 is 1.96 bits per heavy atom. The first kappa shape index (κ1) is 21.3. The van der Waals surface area contributed by atoms with Crippen molar-refractivity contribution in [1.29, 1.82) is 0 Å². The van der Waals surface area contributed by atoms with Gasteiger partial charge in [-0.2, -0.15) is 0 Å². The topological polar surface area (TPSA) is 122 Å². The summed E-state index contributed by atoms with van der Waals surface area (Å²) in [5, 5.41) is 2.60. The maximum Gasteiger partial charge on any atom is 0.410 e. The third-order valence-electron chi connectivity index (χ3n) is 4.35. The van der Waals surface area contributed by atoms with Crippen LogP contribution in [0.5, 0.6) is 0 Å². The number of rotatable bonds is 4. The molecule has 3 atom stereocenters. The van der Waals surface area contributed by atoms with E-state index in [0.29, 0.717) is 25.0 Å². The molecule has 27 heavy (non-hydrogen) atoms. The minimum atomic E-state index is -0.734. The molecule has 152 valence electrons. The quantitative estimate of drug-likeness (QED) is 0.699. The predicted molar refractivity (Wildman–Crippen MR) is 101 cm³/mol. The molecule has 0 saturated carbocycles. The van der Waals surface area contributed by atoms with Crippen LogP contribution in [0.3, 0.4) is 0 Å². The molecule has 0 spiro atoms. The van der Waals surface area contributed by atoms with Crippen LogP contribution in [0.1, 0.15) is 40.0 Å². The third kappa shape index (κ3) is 5.50. The number of carbonyl (C=O) groups is 4. The van der Waals surface area contributed by atoms with Crippen LogP contribution in [0.2, 0.25) is 0 Å². The van der Waals surface area contributed by atoms with Crippen LogP contribution in [0.15, 0.2) is 0 Å². The minimum Gasteiger partial charge on any atom is -0.444 e. The fourth-order valence-electron chi connectivity index (χ4n) is 3.14. The second-order valence-electron chi connectivity index (χ2n) is 7.81. The van der Waals surface area contributed by atoms with E-state index in [9.17, 15) is 19.2 Å². The van der Waals surface area contributed by atoms with Crippen molar-refractivity contribution in [2.75, 3.05) is 19.3 Å². The Bertz CT molecular complexity index is 621. The average molecular weight is 401 g/mol. The molecule has 0 aromatic rings. The Morgan fingerprint density at radius 1 is 1.30 bits per heavy atom. The van der Waals surface area contributed by atoms with Gasteiger partial charge in [0.2, 0.25) is 17.7 Å². The number of fused-ring (bicyclic) bond motifs is 1. The first-order valence-corrected chi connectivity index (χ1v) is 10.0. The zero-order valence-electron chi connectivity index (χ0n) is 16.2. The fourth-order valence-corrected chi connectivity index (χ4v) is 4.49. The molecule has 0 aromatic carbocycles. The summed E-state index contributed by atoms with van der Waals surface area (Å²) in [6.07, 6.45) is 1.10. The SMILES string of the molecule is CN(CC(=O)N[C@H]1CCS[C@H]2CCC(C(N)=O)N2C1=O)C(=O)OC(C)(C)C. The molecule has 1 unspecified atom stereocenters. The van der Waals surface area contributed by atoms with Gasteiger partial charge < -0.3 is 25.6 Å². The lowest BCUT2D eigenvalue weighted by Gasteiger charge is -2.29. The van der Waals surface area contributed by atoms with Crippen LogP contribution in [-0.2, 0) is 19.1 Å². The van der Waals surface area contributed by atoms with E-state index in [1.807, 2.05) is 0 Å². The lowest BCUT2D eigenvalue weighted by atomic mass is 10.1. The highest BCUT2D eigenvalue weighted by Gasteiger charge is 2.44. The van der Waals surface area contributed by atoms with Crippen molar-refractivity contribution in [3.63, 3.8) is 0 Å². The zero-order chi connectivity index (χ0) is 20.4. The van der Waals surface area contributed by atoms with Gasteiger partial charge in [0.15, 0.2) is 0 Å². The van der Waals surface area contributed by atoms with Crippen LogP contribution >= 0.6 is 11.8 Å². The molecular weight excluding hydrogens is 372 g/mol. The highest BCUT2D eigenvalue weighted by molar-refractivity contribution is 7.99. The highest BCUT2D eigenvalue weighted by Crippen LogP contribution is 2.35. The summed E-state index contributed by atoms with van der Waals surface area (Å²) in [4.78, 5) is 51.5. The second-order valence-corrected chi connectivity index (χ2v) is 9.10. The van der Waals surface area contributed by atoms with E-state index in [1.54, 1.807) is 32.5 Å². The molecule has 2 rings (SSSR count). The van der Waals surface area contributed by atoms with Gasteiger partial charge in [0.25, 0.3) is 0 Å². The fraction of sp³-hybridized carbons (Fsp3) is 0.765. The zero-order valence-corrected chi connectivity index (χ0v) is 17.0. The van der Waals surface area contributed by atoms with Crippen molar-refractivity contribution in [1.82, 2.24) is 15.1 Å². The first-order chi connectivity index (χ1) is 12.5. The van der Waals surface area contributed by atoms with Crippen molar-refractivity contribution in [3.8, 4) is 0 Å². The number of nitrogens with one attached hydrogen (secondary N) is 1. The molecule has 0 aromatic heterocycles. The van der Waals surface area contributed by atoms with Crippen molar-refractivity contribution in [2.24, 2.45) is 5.73 Å². The maximum absolute atomic E-state index is 12.9.